The van der Waals surface area contributed by atoms with Gasteiger partial charge >= 0.3 is 0 Å². The Hall–Kier alpha value is -2.88. The van der Waals surface area contributed by atoms with Crippen LogP contribution in [0.15, 0.2) is 54.7 Å². The second-order valence-electron chi connectivity index (χ2n) is 6.33. The van der Waals surface area contributed by atoms with Gasteiger partial charge in [0.25, 0.3) is 0 Å². The predicted octanol–water partition coefficient (Wildman–Crippen LogP) is 4.41. The van der Waals surface area contributed by atoms with Crippen LogP contribution in [0.2, 0.25) is 0 Å². The Balaban J connectivity index is 2.09. The van der Waals surface area contributed by atoms with Gasteiger partial charge < -0.3 is 10.2 Å². The lowest BCUT2D eigenvalue weighted by Gasteiger charge is -2.15. The monoisotopic (exact) mass is 350 g/mol. The number of benzene rings is 2. The molecule has 0 spiro atoms. The van der Waals surface area contributed by atoms with Gasteiger partial charge in [-0.3, -0.25) is 9.59 Å². The normalized spacial score (nSPS) is 10.7. The number of nitrogens with zero attached hydrogens (tertiary/aromatic N) is 1. The molecule has 0 aromatic heterocycles. The summed E-state index contributed by atoms with van der Waals surface area (Å²) >= 11 is 0. The van der Waals surface area contributed by atoms with Crippen molar-refractivity contribution < 1.29 is 9.59 Å². The highest BCUT2D eigenvalue weighted by molar-refractivity contribution is 5.94. The van der Waals surface area contributed by atoms with Crippen LogP contribution in [0.4, 0.5) is 5.69 Å². The molecule has 0 aliphatic carbocycles. The molecule has 0 aliphatic heterocycles. The molecule has 1 N–H and O–H groups in total. The van der Waals surface area contributed by atoms with Gasteiger partial charge in [0, 0.05) is 25.4 Å². The molecule has 0 atom stereocenters. The van der Waals surface area contributed by atoms with E-state index in [-0.39, 0.29) is 11.8 Å². The number of carbonyl (C=O) groups is 2. The highest BCUT2D eigenvalue weighted by Gasteiger charge is 2.07. The summed E-state index contributed by atoms with van der Waals surface area (Å²) in [6.07, 6.45) is 4.85. The van der Waals surface area contributed by atoms with Crippen molar-refractivity contribution >= 4 is 23.6 Å². The van der Waals surface area contributed by atoms with Gasteiger partial charge in [-0.2, -0.15) is 0 Å². The number of hydrogen-bond acceptors (Lipinski definition) is 2. The van der Waals surface area contributed by atoms with E-state index in [2.05, 4.69) is 5.32 Å². The molecular formula is C22H26N2O2. The van der Waals surface area contributed by atoms with Crippen LogP contribution >= 0.6 is 0 Å². The molecule has 0 fully saturated rings. The predicted molar refractivity (Wildman–Crippen MR) is 107 cm³/mol. The van der Waals surface area contributed by atoms with Crippen molar-refractivity contribution in [2.75, 3.05) is 11.9 Å². The highest BCUT2D eigenvalue weighted by Crippen LogP contribution is 2.18. The van der Waals surface area contributed by atoms with Crippen LogP contribution in [-0.4, -0.2) is 23.3 Å². The fourth-order valence-corrected chi connectivity index (χ4v) is 2.59. The van der Waals surface area contributed by atoms with Crippen molar-refractivity contribution in [1.82, 2.24) is 4.90 Å². The van der Waals surface area contributed by atoms with Gasteiger partial charge in [0.15, 0.2) is 0 Å². The SMILES string of the molecule is CCCN(/C=C\c1ccccc1NC(=O)Cc1ccc(C)cc1)C(C)=O. The van der Waals surface area contributed by atoms with Crippen molar-refractivity contribution in [1.29, 1.82) is 0 Å². The second-order valence-corrected chi connectivity index (χ2v) is 6.33. The first-order valence-electron chi connectivity index (χ1n) is 8.89. The number of carbonyl (C=O) groups excluding carboxylic acids is 2. The summed E-state index contributed by atoms with van der Waals surface area (Å²) in [6, 6.07) is 15.5. The molecule has 2 rings (SSSR count). The zero-order chi connectivity index (χ0) is 18.9. The zero-order valence-corrected chi connectivity index (χ0v) is 15.7. The third-order valence-electron chi connectivity index (χ3n) is 4.02. The summed E-state index contributed by atoms with van der Waals surface area (Å²) in [5.74, 6) is -0.0596. The summed E-state index contributed by atoms with van der Waals surface area (Å²) in [5, 5.41) is 2.96. The second kappa shape index (κ2) is 9.56. The summed E-state index contributed by atoms with van der Waals surface area (Å²) in [5.41, 5.74) is 3.76. The van der Waals surface area contributed by atoms with Crippen LogP contribution in [0, 0.1) is 6.92 Å². The molecule has 0 saturated carbocycles. The maximum absolute atomic E-state index is 12.4. The first kappa shape index (κ1) is 19.4. The number of hydrogen-bond donors (Lipinski definition) is 1. The Morgan fingerprint density at radius 3 is 2.42 bits per heavy atom. The average molecular weight is 350 g/mol. The molecule has 4 heteroatoms. The first-order chi connectivity index (χ1) is 12.5. The molecule has 2 amide bonds. The average Bonchev–Trinajstić information content (AvgIpc) is 2.61. The lowest BCUT2D eigenvalue weighted by Crippen LogP contribution is -2.23. The molecule has 0 radical (unpaired) electrons. The van der Waals surface area contributed by atoms with Crippen molar-refractivity contribution in [2.45, 2.75) is 33.6 Å². The van der Waals surface area contributed by atoms with Crippen molar-refractivity contribution in [3.8, 4) is 0 Å². The maximum atomic E-state index is 12.4. The molecule has 0 unspecified atom stereocenters. The summed E-state index contributed by atoms with van der Waals surface area (Å²) in [6.45, 7) is 6.28. The van der Waals surface area contributed by atoms with Crippen molar-refractivity contribution in [2.24, 2.45) is 0 Å². The number of nitrogens with one attached hydrogen (secondary N) is 1. The summed E-state index contributed by atoms with van der Waals surface area (Å²) in [4.78, 5) is 25.7. The van der Waals surface area contributed by atoms with Gasteiger partial charge in [-0.25, -0.2) is 0 Å². The van der Waals surface area contributed by atoms with Gasteiger partial charge in [-0.05, 0) is 36.6 Å². The van der Waals surface area contributed by atoms with Crippen LogP contribution in [0.5, 0.6) is 0 Å². The Morgan fingerprint density at radius 2 is 1.77 bits per heavy atom. The van der Waals surface area contributed by atoms with Crippen LogP contribution in [0.1, 0.15) is 37.0 Å². The van der Waals surface area contributed by atoms with E-state index in [1.54, 1.807) is 18.0 Å². The van der Waals surface area contributed by atoms with Crippen molar-refractivity contribution in [3.05, 3.63) is 71.4 Å². The van der Waals surface area contributed by atoms with Gasteiger partial charge in [0.1, 0.15) is 0 Å². The lowest BCUT2D eigenvalue weighted by molar-refractivity contribution is -0.126. The molecule has 26 heavy (non-hydrogen) atoms. The van der Waals surface area contributed by atoms with E-state index in [0.717, 1.165) is 23.2 Å². The Kier molecular flexibility index (Phi) is 7.15. The standard InChI is InChI=1S/C22H26N2O2/c1-4-14-24(18(3)25)15-13-20-7-5-6-8-21(20)23-22(26)16-19-11-9-17(2)10-12-19/h5-13,15H,4,14,16H2,1-3H3,(H,23,26)/b15-13-. The number of para-hydroxylation sites is 1. The fourth-order valence-electron chi connectivity index (χ4n) is 2.59. The van der Waals surface area contributed by atoms with E-state index in [9.17, 15) is 9.59 Å². The molecule has 2 aromatic rings. The van der Waals surface area contributed by atoms with E-state index in [0.29, 0.717) is 13.0 Å². The molecule has 136 valence electrons. The topological polar surface area (TPSA) is 49.4 Å². The third-order valence-corrected chi connectivity index (χ3v) is 4.02. The molecule has 0 saturated heterocycles. The third kappa shape index (κ3) is 5.88. The van der Waals surface area contributed by atoms with E-state index in [4.69, 9.17) is 0 Å². The zero-order valence-electron chi connectivity index (χ0n) is 15.7. The van der Waals surface area contributed by atoms with Crippen LogP contribution in [-0.2, 0) is 16.0 Å². The van der Waals surface area contributed by atoms with E-state index < -0.39 is 0 Å². The quantitative estimate of drug-likeness (QED) is 0.804. The van der Waals surface area contributed by atoms with E-state index in [1.165, 1.54) is 5.56 Å². The molecule has 2 aromatic carbocycles. The van der Waals surface area contributed by atoms with Gasteiger partial charge in [-0.15, -0.1) is 0 Å². The molecule has 4 nitrogen and oxygen atoms in total. The number of amides is 2. The van der Waals surface area contributed by atoms with Crippen LogP contribution < -0.4 is 5.32 Å². The van der Waals surface area contributed by atoms with Crippen molar-refractivity contribution in [3.63, 3.8) is 0 Å². The van der Waals surface area contributed by atoms with Gasteiger partial charge in [0.2, 0.25) is 11.8 Å². The number of rotatable bonds is 7. The fraction of sp³-hybridized carbons (Fsp3) is 0.273. The minimum Gasteiger partial charge on any atom is -0.325 e. The number of aryl methyl sites for hydroxylation is 1. The highest BCUT2D eigenvalue weighted by atomic mass is 16.2. The smallest absolute Gasteiger partial charge is 0.228 e. The minimum atomic E-state index is -0.0633. The van der Waals surface area contributed by atoms with E-state index in [1.807, 2.05) is 68.5 Å². The minimum absolute atomic E-state index is 0.00369. The van der Waals surface area contributed by atoms with Gasteiger partial charge in [0.05, 0.1) is 6.42 Å². The number of anilines is 1. The molecule has 0 bridgehead atoms. The Labute approximate surface area is 155 Å². The van der Waals surface area contributed by atoms with Crippen LogP contribution in [0.3, 0.4) is 0 Å². The maximum Gasteiger partial charge on any atom is 0.228 e. The van der Waals surface area contributed by atoms with Gasteiger partial charge in [-0.1, -0.05) is 55.0 Å². The lowest BCUT2D eigenvalue weighted by atomic mass is 10.1. The molecule has 0 heterocycles. The summed E-state index contributed by atoms with van der Waals surface area (Å²) < 4.78 is 0. The molecular weight excluding hydrogens is 324 g/mol. The largest absolute Gasteiger partial charge is 0.325 e. The van der Waals surface area contributed by atoms with Crippen LogP contribution in [0.25, 0.3) is 6.08 Å². The Bertz CT molecular complexity index is 779. The summed E-state index contributed by atoms with van der Waals surface area (Å²) in [7, 11) is 0. The molecule has 0 aliphatic rings. The Morgan fingerprint density at radius 1 is 1.08 bits per heavy atom. The van der Waals surface area contributed by atoms with E-state index >= 15 is 0 Å². The first-order valence-corrected chi connectivity index (χ1v) is 8.89.